The fraction of sp³-hybridized carbons (Fsp3) is 0.435. The lowest BCUT2D eigenvalue weighted by Crippen LogP contribution is -2.30. The summed E-state index contributed by atoms with van der Waals surface area (Å²) < 4.78 is 17.0. The van der Waals surface area contributed by atoms with Crippen molar-refractivity contribution in [2.75, 3.05) is 44.9 Å². The summed E-state index contributed by atoms with van der Waals surface area (Å²) >= 11 is 3.63. The van der Waals surface area contributed by atoms with Gasteiger partial charge in [-0.3, -0.25) is 0 Å². The second-order valence-corrected chi connectivity index (χ2v) is 7.70. The van der Waals surface area contributed by atoms with Gasteiger partial charge in [-0.05, 0) is 62.1 Å². The molecule has 0 aromatic heterocycles. The van der Waals surface area contributed by atoms with E-state index in [-0.39, 0.29) is 12.6 Å². The van der Waals surface area contributed by atoms with E-state index in [0.29, 0.717) is 19.0 Å². The third kappa shape index (κ3) is 7.05. The topological polar surface area (TPSA) is 48.0 Å². The number of anilines is 1. The van der Waals surface area contributed by atoms with Crippen LogP contribution in [0.1, 0.15) is 25.8 Å². The Hall–Kier alpha value is -2.05. The summed E-state index contributed by atoms with van der Waals surface area (Å²) in [5.74, 6) is 0.348. The van der Waals surface area contributed by atoms with Crippen LogP contribution >= 0.6 is 15.9 Å². The molecule has 0 amide bonds. The molecule has 2 rings (SSSR count). The molecule has 0 atom stereocenters. The quantitative estimate of drug-likeness (QED) is 0.459. The van der Waals surface area contributed by atoms with Crippen molar-refractivity contribution >= 4 is 27.6 Å². The Balaban J connectivity index is 2.18. The molecule has 0 heterocycles. The molecule has 0 N–H and O–H groups in total. The van der Waals surface area contributed by atoms with Gasteiger partial charge in [-0.2, -0.15) is 0 Å². The third-order valence-corrected chi connectivity index (χ3v) is 5.51. The number of carbonyl (C=O) groups is 1. The fourth-order valence-electron chi connectivity index (χ4n) is 3.17. The maximum absolute atomic E-state index is 11.6. The molecule has 0 saturated carbocycles. The Bertz CT molecular complexity index is 798. The second-order valence-electron chi connectivity index (χ2n) is 6.85. The molecule has 0 aliphatic heterocycles. The highest BCUT2D eigenvalue weighted by atomic mass is 79.9. The Morgan fingerprint density at radius 1 is 1.28 bits per heavy atom. The number of ether oxygens (including phenoxy) is 3. The number of allylic oxidation sites excluding steroid dienone is 4. The van der Waals surface area contributed by atoms with Gasteiger partial charge in [0.05, 0.1) is 13.2 Å². The molecule has 0 radical (unpaired) electrons. The van der Waals surface area contributed by atoms with Crippen molar-refractivity contribution in [2.24, 2.45) is 0 Å². The Labute approximate surface area is 182 Å². The molecule has 0 bridgehead atoms. The summed E-state index contributed by atoms with van der Waals surface area (Å²) in [5, 5.41) is 0. The summed E-state index contributed by atoms with van der Waals surface area (Å²) in [6, 6.07) is 6.25. The minimum Gasteiger partial charge on any atom is -0.482 e. The first-order chi connectivity index (χ1) is 14.0. The van der Waals surface area contributed by atoms with Crippen LogP contribution in [0.5, 0.6) is 0 Å². The zero-order valence-electron chi connectivity index (χ0n) is 17.7. The first kappa shape index (κ1) is 23.2. The Kier molecular flexibility index (Phi) is 9.48. The van der Waals surface area contributed by atoms with Crippen LogP contribution in [0, 0.1) is 6.92 Å². The SMILES string of the molecule is CCOC(=O)COC1=C(C)C=C(CN(CCOC)c2cccc(Br)c2C)CC=C1. The van der Waals surface area contributed by atoms with Crippen LogP contribution in [-0.4, -0.2) is 46.0 Å². The molecule has 29 heavy (non-hydrogen) atoms. The number of esters is 1. The maximum atomic E-state index is 11.6. The van der Waals surface area contributed by atoms with Crippen LogP contribution in [0.3, 0.4) is 0 Å². The number of methoxy groups -OCH3 is 1. The third-order valence-electron chi connectivity index (χ3n) is 4.65. The monoisotopic (exact) mass is 463 g/mol. The minimum absolute atomic E-state index is 0.0781. The molecule has 6 heteroatoms. The zero-order chi connectivity index (χ0) is 21.2. The van der Waals surface area contributed by atoms with Gasteiger partial charge in [0.25, 0.3) is 0 Å². The Morgan fingerprint density at radius 2 is 2.07 bits per heavy atom. The van der Waals surface area contributed by atoms with Crippen molar-refractivity contribution < 1.29 is 19.0 Å². The predicted molar refractivity (Wildman–Crippen MR) is 120 cm³/mol. The van der Waals surface area contributed by atoms with Crippen LogP contribution in [0.4, 0.5) is 5.69 Å². The van der Waals surface area contributed by atoms with Crippen molar-refractivity contribution in [1.82, 2.24) is 0 Å². The maximum Gasteiger partial charge on any atom is 0.344 e. The smallest absolute Gasteiger partial charge is 0.344 e. The van der Waals surface area contributed by atoms with E-state index in [1.165, 1.54) is 16.8 Å². The summed E-state index contributed by atoms with van der Waals surface area (Å²) in [5.41, 5.74) is 4.66. The molecule has 0 unspecified atom stereocenters. The van der Waals surface area contributed by atoms with E-state index in [4.69, 9.17) is 14.2 Å². The van der Waals surface area contributed by atoms with Gasteiger partial charge in [0.15, 0.2) is 6.61 Å². The van der Waals surface area contributed by atoms with Crippen molar-refractivity contribution in [2.45, 2.75) is 27.2 Å². The van der Waals surface area contributed by atoms with E-state index >= 15 is 0 Å². The second kappa shape index (κ2) is 11.8. The first-order valence-electron chi connectivity index (χ1n) is 9.80. The molecular weight excluding hydrogens is 434 g/mol. The summed E-state index contributed by atoms with van der Waals surface area (Å²) in [6.45, 7) is 8.41. The highest BCUT2D eigenvalue weighted by molar-refractivity contribution is 9.10. The highest BCUT2D eigenvalue weighted by Gasteiger charge is 2.15. The van der Waals surface area contributed by atoms with Gasteiger partial charge < -0.3 is 19.1 Å². The van der Waals surface area contributed by atoms with E-state index in [1.807, 2.05) is 13.0 Å². The van der Waals surface area contributed by atoms with Crippen molar-refractivity contribution in [1.29, 1.82) is 0 Å². The number of benzene rings is 1. The molecule has 0 fully saturated rings. The normalized spacial score (nSPS) is 13.8. The number of rotatable bonds is 10. The average Bonchev–Trinajstić information content (AvgIpc) is 2.86. The minimum atomic E-state index is -0.356. The molecule has 5 nitrogen and oxygen atoms in total. The van der Waals surface area contributed by atoms with Crippen molar-refractivity contribution in [3.63, 3.8) is 0 Å². The number of nitrogens with zero attached hydrogens (tertiary/aromatic N) is 1. The van der Waals surface area contributed by atoms with Crippen molar-refractivity contribution in [3.05, 3.63) is 63.4 Å². The van der Waals surface area contributed by atoms with Gasteiger partial charge in [-0.15, -0.1) is 0 Å². The van der Waals surface area contributed by atoms with Gasteiger partial charge in [-0.1, -0.05) is 34.1 Å². The van der Waals surface area contributed by atoms with Gasteiger partial charge in [-0.25, -0.2) is 4.79 Å². The van der Waals surface area contributed by atoms with Crippen molar-refractivity contribution in [3.8, 4) is 0 Å². The zero-order valence-corrected chi connectivity index (χ0v) is 19.3. The largest absolute Gasteiger partial charge is 0.482 e. The molecule has 158 valence electrons. The number of hydrogen-bond acceptors (Lipinski definition) is 5. The lowest BCUT2D eigenvalue weighted by atomic mass is 10.1. The number of carbonyl (C=O) groups excluding carboxylic acids is 1. The molecule has 0 spiro atoms. The van der Waals surface area contributed by atoms with E-state index in [9.17, 15) is 4.79 Å². The Morgan fingerprint density at radius 3 is 2.79 bits per heavy atom. The van der Waals surface area contributed by atoms with Crippen LogP contribution in [0.15, 0.2) is 57.8 Å². The predicted octanol–water partition coefficient (Wildman–Crippen LogP) is 4.95. The van der Waals surface area contributed by atoms with E-state index in [0.717, 1.165) is 29.6 Å². The lowest BCUT2D eigenvalue weighted by molar-refractivity contribution is -0.146. The van der Waals surface area contributed by atoms with E-state index in [1.54, 1.807) is 14.0 Å². The van der Waals surface area contributed by atoms with E-state index in [2.05, 4.69) is 58.1 Å². The molecule has 1 aromatic rings. The van der Waals surface area contributed by atoms with Gasteiger partial charge in [0.2, 0.25) is 0 Å². The molecule has 1 aliphatic carbocycles. The average molecular weight is 464 g/mol. The fourth-order valence-corrected chi connectivity index (χ4v) is 3.52. The van der Waals surface area contributed by atoms with Gasteiger partial charge in [0, 0.05) is 30.4 Å². The number of halogens is 1. The summed E-state index contributed by atoms with van der Waals surface area (Å²) in [6.07, 6.45) is 6.97. The highest BCUT2D eigenvalue weighted by Crippen LogP contribution is 2.28. The number of hydrogen-bond donors (Lipinski definition) is 0. The molecule has 1 aliphatic rings. The summed E-state index contributed by atoms with van der Waals surface area (Å²) in [7, 11) is 1.72. The van der Waals surface area contributed by atoms with E-state index < -0.39 is 0 Å². The van der Waals surface area contributed by atoms with Gasteiger partial charge >= 0.3 is 5.97 Å². The van der Waals surface area contributed by atoms with Crippen LogP contribution in [0.2, 0.25) is 0 Å². The lowest BCUT2D eigenvalue weighted by Gasteiger charge is -2.28. The molecular formula is C23H30BrNO4. The van der Waals surface area contributed by atoms with Crippen LogP contribution < -0.4 is 4.90 Å². The van der Waals surface area contributed by atoms with Crippen LogP contribution in [0.25, 0.3) is 0 Å². The summed E-state index contributed by atoms with van der Waals surface area (Å²) in [4.78, 5) is 13.9. The molecule has 0 saturated heterocycles. The van der Waals surface area contributed by atoms with Gasteiger partial charge in [0.1, 0.15) is 5.76 Å². The first-order valence-corrected chi connectivity index (χ1v) is 10.6. The van der Waals surface area contributed by atoms with Crippen LogP contribution in [-0.2, 0) is 19.0 Å². The standard InChI is InChI=1S/C23H30BrNO4/c1-5-28-23(26)16-29-22-11-6-8-19(14-17(22)2)15-25(12-13-27-4)21-10-7-9-20(24)18(21)3/h6-7,9-11,14H,5,8,12-13,15-16H2,1-4H3. The molecule has 1 aromatic carbocycles.